The minimum absolute atomic E-state index is 0.00963. The Morgan fingerprint density at radius 2 is 2.06 bits per heavy atom. The summed E-state index contributed by atoms with van der Waals surface area (Å²) >= 11 is 2.90. The van der Waals surface area contributed by atoms with Crippen LogP contribution in [0.4, 0.5) is 4.39 Å². The highest BCUT2D eigenvalue weighted by Gasteiger charge is 2.25. The Morgan fingerprint density at radius 1 is 1.50 bits per heavy atom. The average Bonchev–Trinajstić information content (AvgIpc) is 2.22. The van der Waals surface area contributed by atoms with Crippen LogP contribution in [-0.4, -0.2) is 37.4 Å². The third-order valence-corrected chi connectivity index (χ3v) is 4.82. The second kappa shape index (κ2) is 5.33. The van der Waals surface area contributed by atoms with E-state index in [9.17, 15) is 17.6 Å². The first-order valence-corrected chi connectivity index (χ1v) is 7.03. The molecular formula is C10H11BrFNO4S. The Hall–Kier alpha value is -0.990. The van der Waals surface area contributed by atoms with E-state index in [0.717, 1.165) is 19.2 Å². The number of carbonyl (C=O) groups is 1. The number of halogens is 2. The smallest absolute Gasteiger partial charge is 0.318 e. The van der Waals surface area contributed by atoms with Crippen molar-refractivity contribution in [1.82, 2.24) is 4.31 Å². The molecule has 1 aromatic rings. The molecule has 0 saturated heterocycles. The largest absolute Gasteiger partial charge is 0.480 e. The normalized spacial score (nSPS) is 11.8. The van der Waals surface area contributed by atoms with Crippen molar-refractivity contribution in [3.05, 3.63) is 28.0 Å². The molecule has 5 nitrogen and oxygen atoms in total. The summed E-state index contributed by atoms with van der Waals surface area (Å²) in [6, 6.07) is 2.20. The Kier molecular flexibility index (Phi) is 4.46. The molecule has 0 spiro atoms. The van der Waals surface area contributed by atoms with Gasteiger partial charge in [-0.3, -0.25) is 4.79 Å². The molecule has 1 rings (SSSR count). The number of aryl methyl sites for hydroxylation is 1. The minimum atomic E-state index is -3.95. The van der Waals surface area contributed by atoms with Gasteiger partial charge in [0.1, 0.15) is 12.4 Å². The van der Waals surface area contributed by atoms with Crippen LogP contribution in [0.3, 0.4) is 0 Å². The molecule has 100 valence electrons. The SMILES string of the molecule is Cc1cc(F)c(Br)cc1S(=O)(=O)N(C)CC(=O)O. The summed E-state index contributed by atoms with van der Waals surface area (Å²) in [6.45, 7) is 0.785. The van der Waals surface area contributed by atoms with Crippen LogP contribution >= 0.6 is 15.9 Å². The zero-order valence-corrected chi connectivity index (χ0v) is 12.0. The number of carboxylic acids is 1. The maximum atomic E-state index is 13.2. The first kappa shape index (κ1) is 15.1. The van der Waals surface area contributed by atoms with Gasteiger partial charge in [-0.25, -0.2) is 12.8 Å². The van der Waals surface area contributed by atoms with Crippen molar-refractivity contribution in [2.45, 2.75) is 11.8 Å². The Balaban J connectivity index is 3.29. The van der Waals surface area contributed by atoms with E-state index in [0.29, 0.717) is 4.31 Å². The van der Waals surface area contributed by atoms with Crippen molar-refractivity contribution in [2.24, 2.45) is 0 Å². The molecule has 0 saturated carbocycles. The first-order chi connectivity index (χ1) is 8.16. The molecule has 0 aliphatic heterocycles. The molecule has 1 N–H and O–H groups in total. The molecular weight excluding hydrogens is 329 g/mol. The number of nitrogens with zero attached hydrogens (tertiary/aromatic N) is 1. The number of carboxylic acid groups (broad SMARTS) is 1. The minimum Gasteiger partial charge on any atom is -0.480 e. The second-order valence-electron chi connectivity index (χ2n) is 3.69. The summed E-state index contributed by atoms with van der Waals surface area (Å²) in [5.41, 5.74) is 0.216. The van der Waals surface area contributed by atoms with Gasteiger partial charge in [0.05, 0.1) is 9.37 Å². The molecule has 0 aromatic heterocycles. The van der Waals surface area contributed by atoms with Crippen LogP contribution in [-0.2, 0) is 14.8 Å². The van der Waals surface area contributed by atoms with E-state index in [-0.39, 0.29) is 14.9 Å². The van der Waals surface area contributed by atoms with E-state index in [4.69, 9.17) is 5.11 Å². The fourth-order valence-electron chi connectivity index (χ4n) is 1.35. The van der Waals surface area contributed by atoms with Crippen LogP contribution in [0.15, 0.2) is 21.5 Å². The predicted molar refractivity (Wildman–Crippen MR) is 66.3 cm³/mol. The maximum Gasteiger partial charge on any atom is 0.318 e. The number of hydrogen-bond donors (Lipinski definition) is 1. The second-order valence-corrected chi connectivity index (χ2v) is 6.55. The van der Waals surface area contributed by atoms with Crippen molar-refractivity contribution in [2.75, 3.05) is 13.6 Å². The monoisotopic (exact) mass is 339 g/mol. The Morgan fingerprint density at radius 3 is 2.56 bits per heavy atom. The van der Waals surface area contributed by atoms with Crippen LogP contribution in [0.1, 0.15) is 5.56 Å². The van der Waals surface area contributed by atoms with E-state index in [1.807, 2.05) is 0 Å². The Bertz CT molecular complexity index is 588. The van der Waals surface area contributed by atoms with Gasteiger partial charge in [-0.05, 0) is 40.5 Å². The number of likely N-dealkylation sites (N-methyl/N-ethyl adjacent to an activating group) is 1. The summed E-state index contributed by atoms with van der Waals surface area (Å²) in [5.74, 6) is -1.84. The molecule has 0 amide bonds. The van der Waals surface area contributed by atoms with Crippen molar-refractivity contribution < 1.29 is 22.7 Å². The van der Waals surface area contributed by atoms with Gasteiger partial charge >= 0.3 is 5.97 Å². The van der Waals surface area contributed by atoms with Crippen LogP contribution < -0.4 is 0 Å². The van der Waals surface area contributed by atoms with Gasteiger partial charge < -0.3 is 5.11 Å². The number of hydrogen-bond acceptors (Lipinski definition) is 3. The fraction of sp³-hybridized carbons (Fsp3) is 0.300. The molecule has 0 bridgehead atoms. The molecule has 0 radical (unpaired) electrons. The van der Waals surface area contributed by atoms with E-state index >= 15 is 0 Å². The lowest BCUT2D eigenvalue weighted by Crippen LogP contribution is -2.32. The third kappa shape index (κ3) is 3.06. The molecule has 0 aliphatic rings. The topological polar surface area (TPSA) is 74.7 Å². The van der Waals surface area contributed by atoms with Gasteiger partial charge in [-0.1, -0.05) is 0 Å². The van der Waals surface area contributed by atoms with Crippen LogP contribution in [0.2, 0.25) is 0 Å². The van der Waals surface area contributed by atoms with E-state index in [1.54, 1.807) is 0 Å². The molecule has 0 atom stereocenters. The molecule has 1 aromatic carbocycles. The summed E-state index contributed by atoms with van der Waals surface area (Å²) in [6.07, 6.45) is 0. The first-order valence-electron chi connectivity index (χ1n) is 4.80. The van der Waals surface area contributed by atoms with Crippen LogP contribution in [0.25, 0.3) is 0 Å². The van der Waals surface area contributed by atoms with Crippen LogP contribution in [0.5, 0.6) is 0 Å². The van der Waals surface area contributed by atoms with Crippen molar-refractivity contribution >= 4 is 31.9 Å². The molecule has 0 unspecified atom stereocenters. The van der Waals surface area contributed by atoms with Gasteiger partial charge in [0, 0.05) is 7.05 Å². The quantitative estimate of drug-likeness (QED) is 0.904. The van der Waals surface area contributed by atoms with Crippen molar-refractivity contribution in [3.8, 4) is 0 Å². The van der Waals surface area contributed by atoms with Gasteiger partial charge in [0.25, 0.3) is 0 Å². The highest BCUT2D eigenvalue weighted by atomic mass is 79.9. The van der Waals surface area contributed by atoms with Gasteiger partial charge in [-0.15, -0.1) is 0 Å². The summed E-state index contributed by atoms with van der Waals surface area (Å²) in [5, 5.41) is 8.59. The lowest BCUT2D eigenvalue weighted by Gasteiger charge is -2.16. The van der Waals surface area contributed by atoms with E-state index in [2.05, 4.69) is 15.9 Å². The third-order valence-electron chi connectivity index (χ3n) is 2.26. The standard InChI is InChI=1S/C10H11BrFNO4S/c1-6-3-8(12)7(11)4-9(6)18(16,17)13(2)5-10(14)15/h3-4H,5H2,1-2H3,(H,14,15). The van der Waals surface area contributed by atoms with Crippen LogP contribution in [0, 0.1) is 12.7 Å². The molecule has 8 heteroatoms. The zero-order chi connectivity index (χ0) is 14.1. The molecule has 0 fully saturated rings. The molecule has 0 aliphatic carbocycles. The van der Waals surface area contributed by atoms with Crippen molar-refractivity contribution in [3.63, 3.8) is 0 Å². The maximum absolute atomic E-state index is 13.2. The average molecular weight is 340 g/mol. The lowest BCUT2D eigenvalue weighted by molar-refractivity contribution is -0.137. The Labute approximate surface area is 112 Å². The lowest BCUT2D eigenvalue weighted by atomic mass is 10.2. The summed E-state index contributed by atoms with van der Waals surface area (Å²) in [4.78, 5) is 10.4. The number of aliphatic carboxylic acids is 1. The van der Waals surface area contributed by atoms with Crippen molar-refractivity contribution in [1.29, 1.82) is 0 Å². The molecule has 0 heterocycles. The zero-order valence-electron chi connectivity index (χ0n) is 9.65. The van der Waals surface area contributed by atoms with Gasteiger partial charge in [0.2, 0.25) is 10.0 Å². The summed E-state index contributed by atoms with van der Waals surface area (Å²) < 4.78 is 38.1. The number of rotatable bonds is 4. The highest BCUT2D eigenvalue weighted by Crippen LogP contribution is 2.25. The van der Waals surface area contributed by atoms with Gasteiger partial charge in [-0.2, -0.15) is 4.31 Å². The number of benzene rings is 1. The summed E-state index contributed by atoms with van der Waals surface area (Å²) in [7, 11) is -2.80. The number of sulfonamides is 1. The predicted octanol–water partition coefficient (Wildman–Crippen LogP) is 1.60. The van der Waals surface area contributed by atoms with E-state index < -0.39 is 28.4 Å². The molecule has 18 heavy (non-hydrogen) atoms. The highest BCUT2D eigenvalue weighted by molar-refractivity contribution is 9.10. The van der Waals surface area contributed by atoms with Gasteiger partial charge in [0.15, 0.2) is 0 Å². The van der Waals surface area contributed by atoms with E-state index in [1.165, 1.54) is 6.92 Å². The fourth-order valence-corrected chi connectivity index (χ4v) is 3.19.